The zero-order valence-corrected chi connectivity index (χ0v) is 10.6. The number of nitrogens with one attached hydrogen (secondary N) is 2. The number of hydrogen-bond acceptors (Lipinski definition) is 3. The van der Waals surface area contributed by atoms with Crippen LogP contribution in [0.15, 0.2) is 30.7 Å². The quantitative estimate of drug-likeness (QED) is 0.770. The Morgan fingerprint density at radius 1 is 1.38 bits per heavy atom. The van der Waals surface area contributed by atoms with Gasteiger partial charge in [0.1, 0.15) is 17.7 Å². The Hall–Kier alpha value is -2.77. The van der Waals surface area contributed by atoms with Gasteiger partial charge < -0.3 is 15.4 Å². The molecule has 0 spiro atoms. The highest BCUT2D eigenvalue weighted by Gasteiger charge is 2.23. The summed E-state index contributed by atoms with van der Waals surface area (Å²) >= 11 is 0. The molecule has 8 heteroatoms. The molecule has 2 rings (SSSR count). The lowest BCUT2D eigenvalue weighted by Gasteiger charge is -2.14. The van der Waals surface area contributed by atoms with E-state index in [0.717, 1.165) is 12.1 Å². The molecule has 1 amide bonds. The van der Waals surface area contributed by atoms with Crippen molar-refractivity contribution in [3.05, 3.63) is 53.6 Å². The van der Waals surface area contributed by atoms with Crippen LogP contribution in [-0.4, -0.2) is 33.0 Å². The number of carboxylic acids is 1. The van der Waals surface area contributed by atoms with Crippen LogP contribution in [-0.2, 0) is 11.2 Å². The molecule has 1 aromatic carbocycles. The van der Waals surface area contributed by atoms with Crippen LogP contribution in [0.2, 0.25) is 0 Å². The fourth-order valence-corrected chi connectivity index (χ4v) is 1.73. The largest absolute Gasteiger partial charge is 0.480 e. The number of amides is 1. The number of rotatable bonds is 5. The zero-order chi connectivity index (χ0) is 15.4. The number of aromatic nitrogens is 2. The molecule has 1 aromatic heterocycles. The number of carboxylic acid groups (broad SMARTS) is 1. The van der Waals surface area contributed by atoms with Crippen molar-refractivity contribution in [2.75, 3.05) is 0 Å². The molecule has 0 saturated carbocycles. The van der Waals surface area contributed by atoms with E-state index in [1.807, 2.05) is 0 Å². The fraction of sp³-hybridized carbons (Fsp3) is 0.154. The monoisotopic (exact) mass is 295 g/mol. The summed E-state index contributed by atoms with van der Waals surface area (Å²) in [7, 11) is 0. The number of nitrogens with zero attached hydrogens (tertiary/aromatic N) is 1. The molecule has 0 unspecified atom stereocenters. The van der Waals surface area contributed by atoms with E-state index in [0.29, 0.717) is 11.8 Å². The van der Waals surface area contributed by atoms with Gasteiger partial charge in [0, 0.05) is 24.4 Å². The minimum absolute atomic E-state index is 0.0378. The molecule has 0 saturated heterocycles. The van der Waals surface area contributed by atoms with Gasteiger partial charge in [-0.3, -0.25) is 4.79 Å². The molecule has 0 aliphatic carbocycles. The van der Waals surface area contributed by atoms with Crippen molar-refractivity contribution in [1.29, 1.82) is 0 Å². The number of aromatic amines is 1. The number of hydrogen-bond donors (Lipinski definition) is 3. The Kier molecular flexibility index (Phi) is 4.27. The van der Waals surface area contributed by atoms with Crippen molar-refractivity contribution in [3.8, 4) is 0 Å². The number of carbonyl (C=O) groups excluding carboxylic acids is 1. The van der Waals surface area contributed by atoms with Crippen LogP contribution in [0, 0.1) is 11.6 Å². The lowest BCUT2D eigenvalue weighted by atomic mass is 10.1. The second kappa shape index (κ2) is 6.12. The summed E-state index contributed by atoms with van der Waals surface area (Å²) in [6.07, 6.45) is 2.75. The van der Waals surface area contributed by atoms with Gasteiger partial charge >= 0.3 is 5.97 Å². The van der Waals surface area contributed by atoms with Gasteiger partial charge in [-0.25, -0.2) is 18.6 Å². The third-order valence-electron chi connectivity index (χ3n) is 2.76. The third kappa shape index (κ3) is 3.62. The van der Waals surface area contributed by atoms with Crippen molar-refractivity contribution in [1.82, 2.24) is 15.3 Å². The van der Waals surface area contributed by atoms with Crippen molar-refractivity contribution in [2.45, 2.75) is 12.5 Å². The Morgan fingerprint density at radius 2 is 2.14 bits per heavy atom. The number of imidazole rings is 1. The van der Waals surface area contributed by atoms with E-state index < -0.39 is 35.1 Å². The Morgan fingerprint density at radius 3 is 2.71 bits per heavy atom. The van der Waals surface area contributed by atoms with E-state index in [4.69, 9.17) is 5.11 Å². The first-order chi connectivity index (χ1) is 9.97. The van der Waals surface area contributed by atoms with Crippen LogP contribution in [0.25, 0.3) is 0 Å². The first-order valence-electron chi connectivity index (χ1n) is 5.93. The van der Waals surface area contributed by atoms with E-state index in [2.05, 4.69) is 15.3 Å². The molecule has 1 atom stereocenters. The average molecular weight is 295 g/mol. The molecular weight excluding hydrogens is 284 g/mol. The van der Waals surface area contributed by atoms with E-state index in [1.165, 1.54) is 12.5 Å². The smallest absolute Gasteiger partial charge is 0.326 e. The molecule has 110 valence electrons. The molecule has 0 bridgehead atoms. The average Bonchev–Trinajstić information content (AvgIpc) is 2.90. The maximum absolute atomic E-state index is 13.5. The van der Waals surface area contributed by atoms with Crippen LogP contribution in [0.1, 0.15) is 16.1 Å². The van der Waals surface area contributed by atoms with Crippen molar-refractivity contribution >= 4 is 11.9 Å². The van der Waals surface area contributed by atoms with E-state index >= 15 is 0 Å². The fourth-order valence-electron chi connectivity index (χ4n) is 1.73. The summed E-state index contributed by atoms with van der Waals surface area (Å²) in [5.74, 6) is -4.09. The summed E-state index contributed by atoms with van der Waals surface area (Å²) < 4.78 is 26.2. The van der Waals surface area contributed by atoms with E-state index in [-0.39, 0.29) is 6.42 Å². The van der Waals surface area contributed by atoms with Gasteiger partial charge in [-0.1, -0.05) is 0 Å². The molecule has 0 radical (unpaired) electrons. The van der Waals surface area contributed by atoms with E-state index in [9.17, 15) is 18.4 Å². The van der Waals surface area contributed by atoms with Crippen molar-refractivity contribution < 1.29 is 23.5 Å². The van der Waals surface area contributed by atoms with Gasteiger partial charge in [0.15, 0.2) is 0 Å². The molecule has 2 aromatic rings. The standard InChI is InChI=1S/C13H11F2N3O3/c14-7-1-2-9(10(15)3-7)12(19)18-11(13(20)21)4-8-5-16-6-17-8/h1-3,5-6,11H,4H2,(H,16,17)(H,18,19)(H,20,21)/t11-/m1/s1. The summed E-state index contributed by atoms with van der Waals surface area (Å²) in [4.78, 5) is 29.4. The zero-order valence-electron chi connectivity index (χ0n) is 10.6. The summed E-state index contributed by atoms with van der Waals surface area (Å²) in [5.41, 5.74) is 0.0783. The van der Waals surface area contributed by atoms with Gasteiger partial charge in [-0.15, -0.1) is 0 Å². The number of benzene rings is 1. The summed E-state index contributed by atoms with van der Waals surface area (Å²) in [6.45, 7) is 0. The lowest BCUT2D eigenvalue weighted by molar-refractivity contribution is -0.139. The summed E-state index contributed by atoms with van der Waals surface area (Å²) in [6, 6.07) is 1.17. The van der Waals surface area contributed by atoms with Crippen LogP contribution in [0.5, 0.6) is 0 Å². The maximum atomic E-state index is 13.5. The molecule has 1 heterocycles. The van der Waals surface area contributed by atoms with Gasteiger partial charge in [0.2, 0.25) is 0 Å². The van der Waals surface area contributed by atoms with Crippen LogP contribution >= 0.6 is 0 Å². The third-order valence-corrected chi connectivity index (χ3v) is 2.76. The highest BCUT2D eigenvalue weighted by molar-refractivity contribution is 5.96. The highest BCUT2D eigenvalue weighted by atomic mass is 19.1. The van der Waals surface area contributed by atoms with Gasteiger partial charge in [0.05, 0.1) is 11.9 Å². The van der Waals surface area contributed by atoms with E-state index in [1.54, 1.807) is 0 Å². The second-order valence-electron chi connectivity index (χ2n) is 4.27. The number of H-pyrrole nitrogens is 1. The highest BCUT2D eigenvalue weighted by Crippen LogP contribution is 2.10. The molecule has 3 N–H and O–H groups in total. The molecule has 21 heavy (non-hydrogen) atoms. The first kappa shape index (κ1) is 14.6. The molecule has 0 fully saturated rings. The predicted molar refractivity (Wildman–Crippen MR) is 67.5 cm³/mol. The maximum Gasteiger partial charge on any atom is 0.326 e. The van der Waals surface area contributed by atoms with Crippen LogP contribution in [0.3, 0.4) is 0 Å². The summed E-state index contributed by atoms with van der Waals surface area (Å²) in [5, 5.41) is 11.3. The Bertz CT molecular complexity index is 659. The molecule has 0 aliphatic heterocycles. The van der Waals surface area contributed by atoms with Gasteiger partial charge in [-0.2, -0.15) is 0 Å². The SMILES string of the molecule is O=C(N[C@H](Cc1cnc[nH]1)C(=O)O)c1ccc(F)cc1F. The Balaban J connectivity index is 2.12. The minimum Gasteiger partial charge on any atom is -0.480 e. The number of carbonyl (C=O) groups is 2. The molecular formula is C13H11F2N3O3. The van der Waals surface area contributed by atoms with Gasteiger partial charge in [0.25, 0.3) is 5.91 Å². The molecule has 0 aliphatic rings. The lowest BCUT2D eigenvalue weighted by Crippen LogP contribution is -2.42. The van der Waals surface area contributed by atoms with Gasteiger partial charge in [-0.05, 0) is 12.1 Å². The van der Waals surface area contributed by atoms with Crippen molar-refractivity contribution in [2.24, 2.45) is 0 Å². The normalized spacial score (nSPS) is 11.9. The first-order valence-corrected chi connectivity index (χ1v) is 5.93. The van der Waals surface area contributed by atoms with Crippen LogP contribution in [0.4, 0.5) is 8.78 Å². The minimum atomic E-state index is -1.28. The van der Waals surface area contributed by atoms with Crippen LogP contribution < -0.4 is 5.32 Å². The molecule has 6 nitrogen and oxygen atoms in total. The predicted octanol–water partition coefficient (Wildman–Crippen LogP) is 1.11. The number of halogens is 2. The Labute approximate surface area is 117 Å². The number of aliphatic carboxylic acids is 1. The van der Waals surface area contributed by atoms with Crippen molar-refractivity contribution in [3.63, 3.8) is 0 Å². The topological polar surface area (TPSA) is 95.1 Å². The second-order valence-corrected chi connectivity index (χ2v) is 4.27.